The van der Waals surface area contributed by atoms with Crippen molar-refractivity contribution >= 4 is 5.69 Å². The van der Waals surface area contributed by atoms with Crippen molar-refractivity contribution in [3.8, 4) is 39.4 Å². The van der Waals surface area contributed by atoms with Gasteiger partial charge in [-0.3, -0.25) is 4.98 Å². The van der Waals surface area contributed by atoms with Crippen molar-refractivity contribution in [1.29, 1.82) is 0 Å². The minimum absolute atomic E-state index is 0.730. The van der Waals surface area contributed by atoms with E-state index in [1.54, 1.807) is 19.5 Å². The third kappa shape index (κ3) is 2.82. The van der Waals surface area contributed by atoms with E-state index in [0.717, 1.165) is 45.1 Å². The number of rotatable bonds is 4. The van der Waals surface area contributed by atoms with Crippen molar-refractivity contribution in [3.05, 3.63) is 79.1 Å². The molecule has 4 aromatic rings. The van der Waals surface area contributed by atoms with Gasteiger partial charge in [-0.2, -0.15) is 0 Å². The van der Waals surface area contributed by atoms with Gasteiger partial charge >= 0.3 is 0 Å². The number of H-pyrrole nitrogens is 1. The number of benzene rings is 2. The quantitative estimate of drug-likeness (QED) is 0.549. The second-order valence-corrected chi connectivity index (χ2v) is 5.99. The number of aromatic amines is 1. The molecule has 0 aliphatic rings. The molecule has 26 heavy (non-hydrogen) atoms. The predicted molar refractivity (Wildman–Crippen MR) is 106 cm³/mol. The molecule has 2 heterocycles. The fraction of sp³-hybridized carbons (Fsp3) is 0.0455. The third-order valence-corrected chi connectivity index (χ3v) is 4.45. The zero-order valence-electron chi connectivity index (χ0n) is 14.4. The second-order valence-electron chi connectivity index (χ2n) is 5.99. The van der Waals surface area contributed by atoms with Crippen LogP contribution >= 0.6 is 0 Å². The van der Waals surface area contributed by atoms with Crippen LogP contribution in [0.4, 0.5) is 5.69 Å². The first kappa shape index (κ1) is 16.0. The van der Waals surface area contributed by atoms with E-state index in [4.69, 9.17) is 10.5 Å². The first-order valence-corrected chi connectivity index (χ1v) is 8.39. The summed E-state index contributed by atoms with van der Waals surface area (Å²) >= 11 is 0. The molecule has 128 valence electrons. The number of ether oxygens (including phenoxy) is 1. The Bertz CT molecular complexity index is 1010. The number of anilines is 1. The van der Waals surface area contributed by atoms with Gasteiger partial charge in [0.1, 0.15) is 5.75 Å². The highest BCUT2D eigenvalue weighted by atomic mass is 16.5. The van der Waals surface area contributed by atoms with E-state index >= 15 is 0 Å². The number of nitrogens with zero attached hydrogens (tertiary/aromatic N) is 1. The number of methoxy groups -OCH3 is 1. The topological polar surface area (TPSA) is 63.9 Å². The Labute approximate surface area is 152 Å². The van der Waals surface area contributed by atoms with Crippen LogP contribution in [-0.2, 0) is 0 Å². The minimum Gasteiger partial charge on any atom is -0.497 e. The molecule has 2 aromatic heterocycles. The summed E-state index contributed by atoms with van der Waals surface area (Å²) in [6.07, 6.45) is 3.56. The van der Waals surface area contributed by atoms with Crippen LogP contribution in [-0.4, -0.2) is 17.1 Å². The summed E-state index contributed by atoms with van der Waals surface area (Å²) in [5.74, 6) is 0.821. The summed E-state index contributed by atoms with van der Waals surface area (Å²) < 4.78 is 5.28. The molecule has 4 heteroatoms. The summed E-state index contributed by atoms with van der Waals surface area (Å²) in [6.45, 7) is 0. The van der Waals surface area contributed by atoms with Gasteiger partial charge in [0, 0.05) is 23.5 Å². The van der Waals surface area contributed by atoms with Crippen molar-refractivity contribution in [1.82, 2.24) is 9.97 Å². The van der Waals surface area contributed by atoms with Gasteiger partial charge in [-0.05, 0) is 47.5 Å². The number of nitrogen functional groups attached to an aromatic ring is 1. The Hall–Kier alpha value is -3.53. The van der Waals surface area contributed by atoms with E-state index in [2.05, 4.69) is 22.1 Å². The summed E-state index contributed by atoms with van der Waals surface area (Å²) in [5, 5.41) is 0. The van der Waals surface area contributed by atoms with Crippen molar-refractivity contribution in [2.24, 2.45) is 0 Å². The van der Waals surface area contributed by atoms with Crippen molar-refractivity contribution in [3.63, 3.8) is 0 Å². The molecule has 0 bridgehead atoms. The highest BCUT2D eigenvalue weighted by molar-refractivity contribution is 5.97. The molecule has 4 rings (SSSR count). The maximum absolute atomic E-state index is 6.59. The fourth-order valence-corrected chi connectivity index (χ4v) is 3.14. The normalized spacial score (nSPS) is 10.7. The van der Waals surface area contributed by atoms with Gasteiger partial charge in [0.2, 0.25) is 0 Å². The lowest BCUT2D eigenvalue weighted by atomic mass is 10.00. The van der Waals surface area contributed by atoms with E-state index < -0.39 is 0 Å². The summed E-state index contributed by atoms with van der Waals surface area (Å²) in [4.78, 5) is 7.66. The molecule has 0 fully saturated rings. The first-order chi connectivity index (χ1) is 12.8. The zero-order valence-corrected chi connectivity index (χ0v) is 14.4. The smallest absolute Gasteiger partial charge is 0.118 e. The number of aromatic nitrogens is 2. The molecular formula is C22H19N3O. The molecule has 0 radical (unpaired) electrons. The number of nitrogens with one attached hydrogen (secondary N) is 1. The predicted octanol–water partition coefficient (Wildman–Crippen LogP) is 5.00. The lowest BCUT2D eigenvalue weighted by molar-refractivity contribution is 0.415. The molecule has 2 aromatic carbocycles. The number of nitrogens with two attached hydrogens (primary N) is 1. The second kappa shape index (κ2) is 6.76. The first-order valence-electron chi connectivity index (χ1n) is 8.39. The molecule has 0 aliphatic carbocycles. The van der Waals surface area contributed by atoms with Gasteiger partial charge in [0.25, 0.3) is 0 Å². The van der Waals surface area contributed by atoms with Crippen molar-refractivity contribution in [2.45, 2.75) is 0 Å². The summed E-state index contributed by atoms with van der Waals surface area (Å²) in [5.41, 5.74) is 13.3. The lowest BCUT2D eigenvalue weighted by Crippen LogP contribution is -1.90. The Kier molecular flexibility index (Phi) is 4.15. The molecule has 0 unspecified atom stereocenters. The average molecular weight is 341 g/mol. The highest BCUT2D eigenvalue weighted by Crippen LogP contribution is 2.42. The van der Waals surface area contributed by atoms with Crippen LogP contribution < -0.4 is 10.5 Å². The summed E-state index contributed by atoms with van der Waals surface area (Å²) in [7, 11) is 1.66. The van der Waals surface area contributed by atoms with Crippen LogP contribution in [0, 0.1) is 0 Å². The van der Waals surface area contributed by atoms with Gasteiger partial charge in [-0.25, -0.2) is 0 Å². The molecule has 3 N–H and O–H groups in total. The molecule has 4 nitrogen and oxygen atoms in total. The molecular weight excluding hydrogens is 322 g/mol. The number of hydrogen-bond donors (Lipinski definition) is 2. The van der Waals surface area contributed by atoms with Gasteiger partial charge < -0.3 is 15.5 Å². The van der Waals surface area contributed by atoms with Crippen molar-refractivity contribution < 1.29 is 4.74 Å². The standard InChI is InChI=1S/C22H19N3O/c1-26-18-9-7-17(8-10-18)21-19(15-11-13-24-14-12-15)20(23)22(25-21)16-5-3-2-4-6-16/h2-14,25H,23H2,1H3. The average Bonchev–Trinajstić information content (AvgIpc) is 3.06. The van der Waals surface area contributed by atoms with E-state index in [1.807, 2.05) is 54.6 Å². The van der Waals surface area contributed by atoms with Crippen LogP contribution in [0.25, 0.3) is 33.6 Å². The SMILES string of the molecule is COc1ccc(-c2[nH]c(-c3ccccc3)c(N)c2-c2ccncc2)cc1. The molecule has 0 saturated carbocycles. The number of pyridine rings is 1. The Morgan fingerprint density at radius 2 is 1.42 bits per heavy atom. The summed E-state index contributed by atoms with van der Waals surface area (Å²) in [6, 6.07) is 22.0. The van der Waals surface area contributed by atoms with Gasteiger partial charge in [-0.1, -0.05) is 30.3 Å². The van der Waals surface area contributed by atoms with Gasteiger partial charge in [0.05, 0.1) is 24.2 Å². The van der Waals surface area contributed by atoms with E-state index in [9.17, 15) is 0 Å². The van der Waals surface area contributed by atoms with Crippen molar-refractivity contribution in [2.75, 3.05) is 12.8 Å². The Morgan fingerprint density at radius 3 is 2.08 bits per heavy atom. The molecule has 0 atom stereocenters. The van der Waals surface area contributed by atoms with Gasteiger partial charge in [-0.15, -0.1) is 0 Å². The lowest BCUT2D eigenvalue weighted by Gasteiger charge is -2.07. The van der Waals surface area contributed by atoms with E-state index in [1.165, 1.54) is 0 Å². The zero-order chi connectivity index (χ0) is 17.9. The molecule has 0 aliphatic heterocycles. The largest absolute Gasteiger partial charge is 0.497 e. The van der Waals surface area contributed by atoms with Crippen LogP contribution in [0.15, 0.2) is 79.1 Å². The Morgan fingerprint density at radius 1 is 0.769 bits per heavy atom. The third-order valence-electron chi connectivity index (χ3n) is 4.45. The number of hydrogen-bond acceptors (Lipinski definition) is 3. The van der Waals surface area contributed by atoms with E-state index in [-0.39, 0.29) is 0 Å². The maximum Gasteiger partial charge on any atom is 0.118 e. The molecule has 0 saturated heterocycles. The van der Waals surface area contributed by atoms with Crippen LogP contribution in [0.3, 0.4) is 0 Å². The Balaban J connectivity index is 1.94. The van der Waals surface area contributed by atoms with Crippen LogP contribution in [0.1, 0.15) is 0 Å². The molecule has 0 spiro atoms. The monoisotopic (exact) mass is 341 g/mol. The maximum atomic E-state index is 6.59. The van der Waals surface area contributed by atoms with Crippen LogP contribution in [0.2, 0.25) is 0 Å². The van der Waals surface area contributed by atoms with Crippen LogP contribution in [0.5, 0.6) is 5.75 Å². The van der Waals surface area contributed by atoms with E-state index in [0.29, 0.717) is 0 Å². The van der Waals surface area contributed by atoms with Gasteiger partial charge in [0.15, 0.2) is 0 Å². The fourth-order valence-electron chi connectivity index (χ4n) is 3.14. The molecule has 0 amide bonds. The highest BCUT2D eigenvalue weighted by Gasteiger charge is 2.19. The minimum atomic E-state index is 0.730.